The van der Waals surface area contributed by atoms with Gasteiger partial charge in [0.25, 0.3) is 0 Å². The molecule has 12 heterocycles. The van der Waals surface area contributed by atoms with Gasteiger partial charge in [-0.3, -0.25) is 24.9 Å². The van der Waals surface area contributed by atoms with Crippen LogP contribution in [-0.4, -0.2) is 109 Å². The van der Waals surface area contributed by atoms with Gasteiger partial charge in [0.05, 0.1) is 61.9 Å². The highest BCUT2D eigenvalue weighted by molar-refractivity contribution is 9.11. The molecule has 0 saturated heterocycles. The first-order chi connectivity index (χ1) is 42.2. The Labute approximate surface area is 506 Å². The monoisotopic (exact) mass is 1290 g/mol. The average Bonchev–Trinajstić information content (AvgIpc) is 2.59. The zero-order valence-corrected chi connectivity index (χ0v) is 48.3. The first-order valence-electron chi connectivity index (χ1n) is 25.5. The highest BCUT2D eigenvalue weighted by Crippen LogP contribution is 2.33. The quantitative estimate of drug-likeness (QED) is 0.125. The van der Waals surface area contributed by atoms with Crippen LogP contribution in [0.25, 0.3) is 99.1 Å². The zero-order chi connectivity index (χ0) is 61.1. The van der Waals surface area contributed by atoms with E-state index in [1.54, 1.807) is 110 Å². The summed E-state index contributed by atoms with van der Waals surface area (Å²) in [6, 6.07) is 37.3. The minimum atomic E-state index is -1.06. The number of carboxylic acids is 3. The number of hydrogen-bond donors (Lipinski definition) is 3. The summed E-state index contributed by atoms with van der Waals surface area (Å²) < 4.78 is 22.5. The van der Waals surface area contributed by atoms with Gasteiger partial charge in [-0.2, -0.15) is 0 Å². The predicted molar refractivity (Wildman–Crippen MR) is 327 cm³/mol. The molecule has 0 atom stereocenters. The lowest BCUT2D eigenvalue weighted by atomic mass is 10.1. The van der Waals surface area contributed by atoms with Crippen molar-refractivity contribution in [3.8, 4) is 22.6 Å². The zero-order valence-electron chi connectivity index (χ0n) is 45.1. The third-order valence-corrected chi connectivity index (χ3v) is 13.8. The molecule has 428 valence electrons. The van der Waals surface area contributed by atoms with E-state index in [2.05, 4.69) is 86.4 Å². The highest BCUT2D eigenvalue weighted by atomic mass is 79.9. The number of aromatic carboxylic acids is 3. The van der Waals surface area contributed by atoms with Crippen LogP contribution in [0.15, 0.2) is 207 Å². The number of fused-ring (bicyclic) bond motifs is 7. The van der Waals surface area contributed by atoms with Gasteiger partial charge in [-0.25, -0.2) is 48.9 Å². The number of halogens is 2. The summed E-state index contributed by atoms with van der Waals surface area (Å²) >= 11 is 6.59. The van der Waals surface area contributed by atoms with E-state index in [9.17, 15) is 24.0 Å². The van der Waals surface area contributed by atoms with E-state index < -0.39 is 29.8 Å². The molecule has 12 aromatic heterocycles. The van der Waals surface area contributed by atoms with Crippen LogP contribution in [0.3, 0.4) is 0 Å². The van der Waals surface area contributed by atoms with Gasteiger partial charge in [-0.15, -0.1) is 0 Å². The number of carbonyl (C=O) groups is 5. The Morgan fingerprint density at radius 2 is 0.736 bits per heavy atom. The Bertz CT molecular complexity index is 4900. The number of nitrogens with zero attached hydrogens (tertiary/aromatic N) is 10. The van der Waals surface area contributed by atoms with Crippen LogP contribution in [0.4, 0.5) is 0 Å². The lowest BCUT2D eigenvalue weighted by Gasteiger charge is -2.04. The van der Waals surface area contributed by atoms with E-state index >= 15 is 0 Å². The molecule has 22 nitrogen and oxygen atoms in total. The van der Waals surface area contributed by atoms with Crippen molar-refractivity contribution in [3.63, 3.8) is 0 Å². The van der Waals surface area contributed by atoms with E-state index in [0.717, 1.165) is 58.9 Å². The molecule has 0 aliphatic rings. The summed E-state index contributed by atoms with van der Waals surface area (Å²) in [5.74, 6) is -2.74. The number of benzene rings is 2. The van der Waals surface area contributed by atoms with Gasteiger partial charge in [-0.1, -0.05) is 36.4 Å². The molecule has 87 heavy (non-hydrogen) atoms. The van der Waals surface area contributed by atoms with Crippen LogP contribution in [0.1, 0.15) is 52.4 Å². The highest BCUT2D eigenvalue weighted by Gasteiger charge is 2.17. The van der Waals surface area contributed by atoms with E-state index in [4.69, 9.17) is 28.9 Å². The number of pyridine rings is 10. The lowest BCUT2D eigenvalue weighted by molar-refractivity contribution is 0.0586. The molecule has 3 N–H and O–H groups in total. The smallest absolute Gasteiger partial charge is 0.356 e. The maximum absolute atomic E-state index is 11.7. The van der Waals surface area contributed by atoms with Crippen molar-refractivity contribution >= 4 is 138 Å². The number of furan rings is 2. The van der Waals surface area contributed by atoms with Gasteiger partial charge in [0, 0.05) is 99.7 Å². The van der Waals surface area contributed by atoms with Gasteiger partial charge in [0.1, 0.15) is 51.2 Å². The number of carboxylic acid groups (broad SMARTS) is 3. The maximum Gasteiger partial charge on any atom is 0.356 e. The average molecular weight is 1290 g/mol. The summed E-state index contributed by atoms with van der Waals surface area (Å²) in [4.78, 5) is 96.4. The molecule has 24 heteroatoms. The predicted octanol–water partition coefficient (Wildman–Crippen LogP) is 13.2. The molecule has 0 bridgehead atoms. The number of esters is 2. The van der Waals surface area contributed by atoms with Gasteiger partial charge < -0.3 is 33.6 Å². The molecular weight excluding hydrogens is 1250 g/mol. The van der Waals surface area contributed by atoms with Crippen LogP contribution in [0, 0.1) is 0 Å². The normalized spacial score (nSPS) is 10.7. The minimum absolute atomic E-state index is 0.00365. The molecule has 0 fully saturated rings. The summed E-state index contributed by atoms with van der Waals surface area (Å²) in [6.45, 7) is 0. The second-order valence-corrected chi connectivity index (χ2v) is 19.9. The van der Waals surface area contributed by atoms with E-state index in [-0.39, 0.29) is 28.5 Å². The second-order valence-electron chi connectivity index (χ2n) is 18.2. The van der Waals surface area contributed by atoms with Crippen LogP contribution in [0.2, 0.25) is 0 Å². The molecule has 0 aliphatic heterocycles. The van der Waals surface area contributed by atoms with Crippen molar-refractivity contribution in [1.82, 2.24) is 49.8 Å². The Kier molecular flexibility index (Phi) is 17.9. The molecular formula is C63H40Br2N10O12. The fraction of sp³-hybridized carbons (Fsp3) is 0.0317. The summed E-state index contributed by atoms with van der Waals surface area (Å²) in [5.41, 5.74) is 6.78. The number of hydrogen-bond acceptors (Lipinski definition) is 19. The molecule has 2 aromatic carbocycles. The second kappa shape index (κ2) is 26.5. The van der Waals surface area contributed by atoms with Crippen LogP contribution >= 0.6 is 31.9 Å². The van der Waals surface area contributed by atoms with Crippen molar-refractivity contribution in [2.75, 3.05) is 14.2 Å². The number of methoxy groups -OCH3 is 2. The van der Waals surface area contributed by atoms with Crippen LogP contribution in [0.5, 0.6) is 0 Å². The number of ether oxygens (including phenoxy) is 2. The molecule has 0 amide bonds. The van der Waals surface area contributed by atoms with Crippen molar-refractivity contribution in [1.29, 1.82) is 0 Å². The number of para-hydroxylation sites is 2. The van der Waals surface area contributed by atoms with Gasteiger partial charge in [-0.05, 0) is 123 Å². The standard InChI is InChI=1S/C18H12N2O3.C17H10N2O3.C10H7BrN2O2.C9H5BrN2O2.C9H6N2O2/c1-22-18(21)14-7-6-12-9-19-10-13(17(12)20-14)16-8-11-4-2-3-5-15(11)23-16;20-17(21)13-6-5-11-8-18-9-12(16(11)19-13)15-7-10-3-1-2-4-14(10)22-15;1-15-10(14)8-3-2-6-4-12-5-7(11)9(6)13-8;10-6-4-11-3-5-1-2-7(9(13)14)12-8(5)6;12-9(13)8-2-1-6-5-10-4-3-7(6)11-8/h2-10H,1H3;1-9H,(H,20,21);2-5H,1H3;1-4H,(H,13,14);1-5H,(H,12,13). The fourth-order valence-corrected chi connectivity index (χ4v) is 9.33. The van der Waals surface area contributed by atoms with Gasteiger partial charge in [0.2, 0.25) is 0 Å². The Hall–Kier alpha value is -11.4. The van der Waals surface area contributed by atoms with Crippen molar-refractivity contribution in [3.05, 3.63) is 227 Å². The molecule has 0 unspecified atom stereocenters. The van der Waals surface area contributed by atoms with Crippen LogP contribution in [-0.2, 0) is 9.47 Å². The fourth-order valence-electron chi connectivity index (χ4n) is 8.45. The number of rotatable bonds is 7. The molecule has 14 rings (SSSR count). The molecule has 0 spiro atoms. The summed E-state index contributed by atoms with van der Waals surface area (Å²) in [7, 11) is 2.66. The van der Waals surface area contributed by atoms with Crippen LogP contribution < -0.4 is 0 Å². The summed E-state index contributed by atoms with van der Waals surface area (Å²) in [6.07, 6.45) is 16.5. The topological polar surface area (TPSA) is 320 Å². The first-order valence-corrected chi connectivity index (χ1v) is 27.1. The third kappa shape index (κ3) is 13.5. The number of carbonyl (C=O) groups excluding carboxylic acids is 2. The van der Waals surface area contributed by atoms with Crippen molar-refractivity contribution < 1.29 is 57.6 Å². The first kappa shape index (κ1) is 58.8. The Balaban J connectivity index is 0.000000123. The SMILES string of the molecule is COC(=O)c1ccc2cncc(-c3cc4ccccc4o3)c2n1.COC(=O)c1ccc2cncc(Br)c2n1.O=C(O)c1ccc2cncc(-c3cc4ccccc4o3)c2n1.O=C(O)c1ccc2cncc(Br)c2n1.O=C(O)c1ccc2cnccc2n1. The largest absolute Gasteiger partial charge is 0.477 e. The van der Waals surface area contributed by atoms with Crippen molar-refractivity contribution in [2.45, 2.75) is 0 Å². The minimum Gasteiger partial charge on any atom is -0.477 e. The van der Waals surface area contributed by atoms with Crippen molar-refractivity contribution in [2.24, 2.45) is 0 Å². The molecule has 0 radical (unpaired) electrons. The third-order valence-electron chi connectivity index (χ3n) is 12.6. The Morgan fingerprint density at radius 3 is 1.17 bits per heavy atom. The van der Waals surface area contributed by atoms with Gasteiger partial charge in [0.15, 0.2) is 0 Å². The van der Waals surface area contributed by atoms with E-state index in [1.165, 1.54) is 32.4 Å². The van der Waals surface area contributed by atoms with Gasteiger partial charge >= 0.3 is 29.8 Å². The van der Waals surface area contributed by atoms with E-state index in [1.807, 2.05) is 60.7 Å². The molecule has 14 aromatic rings. The van der Waals surface area contributed by atoms with E-state index in [0.29, 0.717) is 49.1 Å². The molecule has 0 saturated carbocycles. The molecule has 0 aliphatic carbocycles. The maximum atomic E-state index is 11.7. The number of aromatic nitrogens is 10. The Morgan fingerprint density at radius 1 is 0.379 bits per heavy atom. The summed E-state index contributed by atoms with van der Waals surface area (Å²) in [5, 5.41) is 32.6. The lowest BCUT2D eigenvalue weighted by Crippen LogP contribution is -2.04.